The zero-order valence-corrected chi connectivity index (χ0v) is 20.7. The number of hydrogen-bond donors (Lipinski definition) is 0. The number of rotatable bonds is 16. The molecule has 206 valence electrons. The maximum absolute atomic E-state index is 14.5. The van der Waals surface area contributed by atoms with Crippen LogP contribution in [-0.2, 0) is 0 Å². The van der Waals surface area contributed by atoms with Crippen LogP contribution in [0.25, 0.3) is 0 Å². The van der Waals surface area contributed by atoms with Gasteiger partial charge in [0.05, 0.1) is 0 Å². The molecule has 0 amide bonds. The molecule has 34 heavy (non-hydrogen) atoms. The number of unbranched alkanes of at least 4 members (excludes halogenated alkanes) is 7. The average Bonchev–Trinajstić information content (AvgIpc) is 2.68. The van der Waals surface area contributed by atoms with Gasteiger partial charge in [-0.3, -0.25) is 0 Å². The van der Waals surface area contributed by atoms with E-state index in [2.05, 4.69) is 0 Å². The van der Waals surface area contributed by atoms with Crippen molar-refractivity contribution in [2.45, 2.75) is 118 Å². The lowest BCUT2D eigenvalue weighted by molar-refractivity contribution is -0.443. The van der Waals surface area contributed by atoms with Gasteiger partial charge in [0.2, 0.25) is 0 Å². The molecule has 0 aliphatic carbocycles. The van der Waals surface area contributed by atoms with Crippen LogP contribution in [0.5, 0.6) is 0 Å². The second-order valence-corrected chi connectivity index (χ2v) is 9.81. The fourth-order valence-electron chi connectivity index (χ4n) is 3.43. The molecule has 0 aliphatic rings. The van der Waals surface area contributed by atoms with E-state index in [1.165, 1.54) is 22.6 Å². The smallest absolute Gasteiger partial charge is 0.199 e. The first-order valence-electron chi connectivity index (χ1n) is 10.8. The number of halogens is 14. The molecular formula is C20H28F13I. The number of alkyl halides is 14. The summed E-state index contributed by atoms with van der Waals surface area (Å²) in [4.78, 5) is 0. The Morgan fingerprint density at radius 2 is 0.912 bits per heavy atom. The molecule has 2 unspecified atom stereocenters. The van der Waals surface area contributed by atoms with E-state index in [1.807, 2.05) is 6.92 Å². The summed E-state index contributed by atoms with van der Waals surface area (Å²) < 4.78 is 173. The fraction of sp³-hybridized carbons (Fsp3) is 1.00. The van der Waals surface area contributed by atoms with Crippen LogP contribution in [0.1, 0.15) is 78.1 Å². The first kappa shape index (κ1) is 33.8. The second-order valence-electron chi connectivity index (χ2n) is 8.21. The third-order valence-electron chi connectivity index (χ3n) is 5.63. The molecule has 0 saturated carbocycles. The quantitative estimate of drug-likeness (QED) is 0.0681. The van der Waals surface area contributed by atoms with E-state index in [0.29, 0.717) is 12.8 Å². The van der Waals surface area contributed by atoms with Gasteiger partial charge in [0.25, 0.3) is 0 Å². The van der Waals surface area contributed by atoms with Crippen LogP contribution in [0.3, 0.4) is 0 Å². The SMILES string of the molecule is CCCCCCCCCCC(I)C(CC)C(F)(F)C(F)(F)C(F)(F)C(F)(F)C(F)(F)C(F)(F)F. The van der Waals surface area contributed by atoms with Crippen LogP contribution >= 0.6 is 22.6 Å². The highest BCUT2D eigenvalue weighted by Crippen LogP contribution is 2.62. The van der Waals surface area contributed by atoms with Gasteiger partial charge in [-0.2, -0.15) is 57.1 Å². The van der Waals surface area contributed by atoms with Gasteiger partial charge in [0.1, 0.15) is 0 Å². The Morgan fingerprint density at radius 3 is 1.29 bits per heavy atom. The van der Waals surface area contributed by atoms with E-state index >= 15 is 0 Å². The Bertz CT molecular complexity index is 602. The molecule has 0 rings (SSSR count). The van der Waals surface area contributed by atoms with E-state index in [9.17, 15) is 57.1 Å². The highest BCUT2D eigenvalue weighted by molar-refractivity contribution is 14.1. The molecule has 0 radical (unpaired) electrons. The lowest BCUT2D eigenvalue weighted by atomic mass is 9.83. The molecule has 0 aromatic rings. The Kier molecular flexibility index (Phi) is 12.3. The van der Waals surface area contributed by atoms with Gasteiger partial charge in [0.15, 0.2) is 0 Å². The van der Waals surface area contributed by atoms with E-state index in [-0.39, 0.29) is 12.8 Å². The van der Waals surface area contributed by atoms with Gasteiger partial charge < -0.3 is 0 Å². The summed E-state index contributed by atoms with van der Waals surface area (Å²) in [6.45, 7) is 2.89. The van der Waals surface area contributed by atoms with Crippen molar-refractivity contribution in [2.24, 2.45) is 5.92 Å². The maximum atomic E-state index is 14.5. The lowest BCUT2D eigenvalue weighted by Crippen LogP contribution is -2.71. The Balaban J connectivity index is 5.56. The zero-order valence-electron chi connectivity index (χ0n) is 18.5. The van der Waals surface area contributed by atoms with Crippen molar-refractivity contribution in [3.05, 3.63) is 0 Å². The molecule has 0 N–H and O–H groups in total. The first-order valence-corrected chi connectivity index (χ1v) is 12.0. The highest BCUT2D eigenvalue weighted by Gasteiger charge is 2.91. The van der Waals surface area contributed by atoms with Crippen LogP contribution in [0.2, 0.25) is 0 Å². The van der Waals surface area contributed by atoms with Crippen LogP contribution in [0.15, 0.2) is 0 Å². The summed E-state index contributed by atoms with van der Waals surface area (Å²) in [6.07, 6.45) is -2.31. The summed E-state index contributed by atoms with van der Waals surface area (Å²) in [5, 5.41) is 0. The van der Waals surface area contributed by atoms with Crippen LogP contribution in [0.4, 0.5) is 57.1 Å². The molecule has 0 aromatic heterocycles. The Morgan fingerprint density at radius 1 is 0.529 bits per heavy atom. The molecule has 0 fully saturated rings. The highest BCUT2D eigenvalue weighted by atomic mass is 127. The predicted octanol–water partition coefficient (Wildman–Crippen LogP) is 10.1. The van der Waals surface area contributed by atoms with Gasteiger partial charge in [-0.1, -0.05) is 87.8 Å². The third-order valence-corrected chi connectivity index (χ3v) is 7.12. The Labute approximate surface area is 203 Å². The zero-order chi connectivity index (χ0) is 27.2. The topological polar surface area (TPSA) is 0 Å². The molecule has 0 aliphatic heterocycles. The number of hydrogen-bond acceptors (Lipinski definition) is 0. The van der Waals surface area contributed by atoms with Gasteiger partial charge >= 0.3 is 35.8 Å². The summed E-state index contributed by atoms with van der Waals surface area (Å²) in [7, 11) is 0. The molecule has 0 saturated heterocycles. The van der Waals surface area contributed by atoms with Crippen molar-refractivity contribution in [1.82, 2.24) is 0 Å². The summed E-state index contributed by atoms with van der Waals surface area (Å²) in [6, 6.07) is 0. The van der Waals surface area contributed by atoms with Gasteiger partial charge in [0, 0.05) is 9.84 Å². The molecule has 2 atom stereocenters. The molecule has 0 aromatic carbocycles. The fourth-order valence-corrected chi connectivity index (χ4v) is 4.83. The molecule has 14 heteroatoms. The molecule has 0 nitrogen and oxygen atoms in total. The lowest BCUT2D eigenvalue weighted by Gasteiger charge is -2.42. The van der Waals surface area contributed by atoms with E-state index in [4.69, 9.17) is 0 Å². The second kappa shape index (κ2) is 12.4. The van der Waals surface area contributed by atoms with E-state index in [1.54, 1.807) is 0 Å². The largest absolute Gasteiger partial charge is 0.460 e. The van der Waals surface area contributed by atoms with Crippen molar-refractivity contribution in [1.29, 1.82) is 0 Å². The summed E-state index contributed by atoms with van der Waals surface area (Å²) in [5.41, 5.74) is 0. The van der Waals surface area contributed by atoms with Crippen LogP contribution in [-0.4, -0.2) is 39.7 Å². The monoisotopic (exact) mass is 642 g/mol. The molecule has 0 spiro atoms. The van der Waals surface area contributed by atoms with Gasteiger partial charge in [-0.25, -0.2) is 0 Å². The minimum Gasteiger partial charge on any atom is -0.199 e. The van der Waals surface area contributed by atoms with Crippen molar-refractivity contribution < 1.29 is 57.1 Å². The van der Waals surface area contributed by atoms with Gasteiger partial charge in [-0.05, 0) is 12.8 Å². The van der Waals surface area contributed by atoms with Crippen LogP contribution in [0, 0.1) is 5.92 Å². The van der Waals surface area contributed by atoms with Gasteiger partial charge in [-0.15, -0.1) is 0 Å². The van der Waals surface area contributed by atoms with E-state index < -0.39 is 52.1 Å². The molecular weight excluding hydrogens is 614 g/mol. The van der Waals surface area contributed by atoms with Crippen molar-refractivity contribution in [3.8, 4) is 0 Å². The standard InChI is InChI=1S/C20H28F13I/c1-3-5-6-7-8-9-10-11-12-14(34)13(4-2)15(21,22)16(23,24)17(25,26)18(27,28)19(29,30)20(31,32)33/h13-14H,3-12H2,1-2H3. The van der Waals surface area contributed by atoms with Crippen molar-refractivity contribution in [2.75, 3.05) is 0 Å². The first-order chi connectivity index (χ1) is 15.2. The maximum Gasteiger partial charge on any atom is 0.460 e. The Hall–Kier alpha value is -0.180. The van der Waals surface area contributed by atoms with E-state index in [0.717, 1.165) is 39.0 Å². The van der Waals surface area contributed by atoms with Crippen molar-refractivity contribution >= 4 is 22.6 Å². The minimum absolute atomic E-state index is 0.194. The normalized spacial score (nSPS) is 16.6. The third kappa shape index (κ3) is 6.77. The predicted molar refractivity (Wildman–Crippen MR) is 110 cm³/mol. The minimum atomic E-state index is -7.85. The van der Waals surface area contributed by atoms with Crippen molar-refractivity contribution in [3.63, 3.8) is 0 Å². The summed E-state index contributed by atoms with van der Waals surface area (Å²) in [5.74, 6) is -39.2. The molecule has 0 heterocycles. The van der Waals surface area contributed by atoms with Crippen LogP contribution < -0.4 is 0 Å². The molecule has 0 bridgehead atoms. The average molecular weight is 642 g/mol. The summed E-state index contributed by atoms with van der Waals surface area (Å²) >= 11 is 1.25.